The Morgan fingerprint density at radius 2 is 1.19 bits per heavy atom. The van der Waals surface area contributed by atoms with Crippen molar-refractivity contribution < 1.29 is 15.0 Å². The van der Waals surface area contributed by atoms with Crippen LogP contribution in [0.3, 0.4) is 0 Å². The molecular formula is C29H48O3. The van der Waals surface area contributed by atoms with E-state index < -0.39 is 0 Å². The number of hydrogen-bond acceptors (Lipinski definition) is 3. The summed E-state index contributed by atoms with van der Waals surface area (Å²) in [5.74, 6) is 1.91. The molecule has 0 heterocycles. The molecule has 8 atom stereocenters. The lowest BCUT2D eigenvalue weighted by atomic mass is 9.45. The van der Waals surface area contributed by atoms with Gasteiger partial charge in [-0.3, -0.25) is 4.79 Å². The fourth-order valence-corrected chi connectivity index (χ4v) is 9.55. The van der Waals surface area contributed by atoms with E-state index in [1.807, 2.05) is 0 Å². The molecule has 32 heavy (non-hydrogen) atoms. The molecule has 0 aromatic rings. The van der Waals surface area contributed by atoms with Crippen LogP contribution in [0.4, 0.5) is 0 Å². The first-order valence-electron chi connectivity index (χ1n) is 13.3. The standard InChI is InChI=1S/C29H48O3/c1-18-8-12-22-26(2,3)24(31)14-16-28(22,6)19(18)9-10-20-21(30)11-13-23-27(4,5)25(32)15-17-29(20,23)7/h19-20,22-25,31-32H,1,8-17H2,2-7H3/t19?,20?,22-,23-,24?,25?,28-,29-/m1/s1. The Morgan fingerprint density at radius 1 is 0.750 bits per heavy atom. The second kappa shape index (κ2) is 7.94. The zero-order valence-electron chi connectivity index (χ0n) is 21.5. The minimum atomic E-state index is -0.261. The minimum absolute atomic E-state index is 0.00357. The van der Waals surface area contributed by atoms with Crippen molar-refractivity contribution in [1.29, 1.82) is 0 Å². The molecular weight excluding hydrogens is 396 g/mol. The third-order valence-electron chi connectivity index (χ3n) is 11.7. The number of hydrogen-bond donors (Lipinski definition) is 2. The molecule has 4 fully saturated rings. The Hall–Kier alpha value is -0.670. The van der Waals surface area contributed by atoms with Gasteiger partial charge in [-0.15, -0.1) is 0 Å². The highest BCUT2D eigenvalue weighted by molar-refractivity contribution is 5.82. The molecule has 0 radical (unpaired) electrons. The van der Waals surface area contributed by atoms with Crippen LogP contribution in [0.15, 0.2) is 12.2 Å². The Morgan fingerprint density at radius 3 is 1.72 bits per heavy atom. The zero-order chi connectivity index (χ0) is 23.7. The van der Waals surface area contributed by atoms with E-state index in [9.17, 15) is 15.0 Å². The fraction of sp³-hybridized carbons (Fsp3) is 0.897. The molecule has 3 nitrogen and oxygen atoms in total. The molecule has 0 spiro atoms. The first-order valence-corrected chi connectivity index (χ1v) is 13.3. The van der Waals surface area contributed by atoms with Gasteiger partial charge in [0.15, 0.2) is 0 Å². The van der Waals surface area contributed by atoms with E-state index in [2.05, 4.69) is 48.1 Å². The van der Waals surface area contributed by atoms with Gasteiger partial charge >= 0.3 is 0 Å². The van der Waals surface area contributed by atoms with E-state index in [-0.39, 0.29) is 39.8 Å². The Kier molecular flexibility index (Phi) is 6.07. The van der Waals surface area contributed by atoms with Crippen LogP contribution in [-0.4, -0.2) is 28.2 Å². The molecule has 4 saturated carbocycles. The van der Waals surface area contributed by atoms with E-state index in [4.69, 9.17) is 0 Å². The topological polar surface area (TPSA) is 57.5 Å². The van der Waals surface area contributed by atoms with Crippen molar-refractivity contribution in [1.82, 2.24) is 0 Å². The van der Waals surface area contributed by atoms with Crippen molar-refractivity contribution in [2.45, 2.75) is 118 Å². The van der Waals surface area contributed by atoms with Gasteiger partial charge in [0.05, 0.1) is 12.2 Å². The molecule has 2 N–H and O–H groups in total. The number of ketones is 1. The summed E-state index contributed by atoms with van der Waals surface area (Å²) in [6.07, 6.45) is 9.00. The van der Waals surface area contributed by atoms with Gasteiger partial charge in [0, 0.05) is 12.3 Å². The van der Waals surface area contributed by atoms with E-state index in [1.54, 1.807) is 0 Å². The Labute approximate surface area is 196 Å². The predicted octanol–water partition coefficient (Wildman–Crippen LogP) is 6.32. The van der Waals surface area contributed by atoms with Crippen LogP contribution < -0.4 is 0 Å². The lowest BCUT2D eigenvalue weighted by Gasteiger charge is -2.60. The van der Waals surface area contributed by atoms with Crippen LogP contribution in [0.25, 0.3) is 0 Å². The number of fused-ring (bicyclic) bond motifs is 2. The molecule has 4 aliphatic carbocycles. The van der Waals surface area contributed by atoms with E-state index in [0.29, 0.717) is 30.0 Å². The molecule has 0 bridgehead atoms. The van der Waals surface area contributed by atoms with Crippen LogP contribution in [0.5, 0.6) is 0 Å². The van der Waals surface area contributed by atoms with Crippen LogP contribution >= 0.6 is 0 Å². The Balaban J connectivity index is 1.57. The van der Waals surface area contributed by atoms with Gasteiger partial charge in [-0.05, 0) is 97.2 Å². The highest BCUT2D eigenvalue weighted by Gasteiger charge is 2.59. The molecule has 3 heteroatoms. The molecule has 182 valence electrons. The van der Waals surface area contributed by atoms with Crippen LogP contribution in [0.1, 0.15) is 106 Å². The first-order chi connectivity index (χ1) is 14.8. The summed E-state index contributed by atoms with van der Waals surface area (Å²) >= 11 is 0. The molecule has 4 rings (SSSR count). The van der Waals surface area contributed by atoms with Gasteiger partial charge in [0.2, 0.25) is 0 Å². The van der Waals surface area contributed by atoms with Crippen molar-refractivity contribution in [3.63, 3.8) is 0 Å². The zero-order valence-corrected chi connectivity index (χ0v) is 21.5. The van der Waals surface area contributed by atoms with Crippen molar-refractivity contribution in [2.24, 2.45) is 45.3 Å². The second-order valence-electron chi connectivity index (χ2n) is 13.8. The molecule has 0 aromatic heterocycles. The summed E-state index contributed by atoms with van der Waals surface area (Å²) in [6, 6.07) is 0. The summed E-state index contributed by atoms with van der Waals surface area (Å²) in [7, 11) is 0. The maximum atomic E-state index is 13.3. The van der Waals surface area contributed by atoms with Gasteiger partial charge < -0.3 is 10.2 Å². The normalized spacial score (nSPS) is 48.1. The van der Waals surface area contributed by atoms with Gasteiger partial charge in [-0.1, -0.05) is 53.7 Å². The third kappa shape index (κ3) is 3.47. The summed E-state index contributed by atoms with van der Waals surface area (Å²) in [6.45, 7) is 18.3. The number of aliphatic hydroxyl groups is 2. The van der Waals surface area contributed by atoms with Crippen molar-refractivity contribution in [3.05, 3.63) is 12.2 Å². The summed E-state index contributed by atoms with van der Waals surface area (Å²) in [5, 5.41) is 21.5. The Bertz CT molecular complexity index is 702. The first kappa shape index (κ1) is 24.5. The SMILES string of the molecule is C=C1CC[C@@H]2C(C)(C)C(O)CC[C@]2(C)C1CCC1C(=O)CC[C@@H]2C(C)(C)C(O)CC[C@]12C. The number of carbonyl (C=O) groups excluding carboxylic acids is 1. The molecule has 0 saturated heterocycles. The lowest BCUT2D eigenvalue weighted by molar-refractivity contribution is -0.160. The van der Waals surface area contributed by atoms with Crippen molar-refractivity contribution in [2.75, 3.05) is 0 Å². The summed E-state index contributed by atoms with van der Waals surface area (Å²) < 4.78 is 0. The van der Waals surface area contributed by atoms with Crippen molar-refractivity contribution >= 4 is 5.78 Å². The average molecular weight is 445 g/mol. The van der Waals surface area contributed by atoms with E-state index in [1.165, 1.54) is 5.57 Å². The highest BCUT2D eigenvalue weighted by Crippen LogP contribution is 2.64. The minimum Gasteiger partial charge on any atom is -0.393 e. The van der Waals surface area contributed by atoms with E-state index in [0.717, 1.165) is 57.8 Å². The van der Waals surface area contributed by atoms with Gasteiger partial charge in [0.25, 0.3) is 0 Å². The van der Waals surface area contributed by atoms with Gasteiger partial charge in [-0.2, -0.15) is 0 Å². The fourth-order valence-electron chi connectivity index (χ4n) is 9.55. The average Bonchev–Trinajstić information content (AvgIpc) is 2.69. The molecule has 0 amide bonds. The number of carbonyl (C=O) groups is 1. The number of allylic oxidation sites excluding steroid dienone is 1. The van der Waals surface area contributed by atoms with E-state index >= 15 is 0 Å². The summed E-state index contributed by atoms with van der Waals surface area (Å²) in [4.78, 5) is 13.3. The molecule has 0 aromatic carbocycles. The van der Waals surface area contributed by atoms with Crippen LogP contribution in [0, 0.1) is 45.3 Å². The predicted molar refractivity (Wildman–Crippen MR) is 130 cm³/mol. The second-order valence-corrected chi connectivity index (χ2v) is 13.8. The smallest absolute Gasteiger partial charge is 0.136 e. The highest BCUT2D eigenvalue weighted by atomic mass is 16.3. The lowest BCUT2D eigenvalue weighted by Crippen LogP contribution is -2.57. The largest absolute Gasteiger partial charge is 0.393 e. The third-order valence-corrected chi connectivity index (χ3v) is 11.7. The molecule has 4 aliphatic rings. The quantitative estimate of drug-likeness (QED) is 0.501. The van der Waals surface area contributed by atoms with Crippen molar-refractivity contribution in [3.8, 4) is 0 Å². The maximum absolute atomic E-state index is 13.3. The molecule has 4 unspecified atom stereocenters. The monoisotopic (exact) mass is 444 g/mol. The van der Waals surface area contributed by atoms with Crippen LogP contribution in [0.2, 0.25) is 0 Å². The van der Waals surface area contributed by atoms with Gasteiger partial charge in [0.1, 0.15) is 5.78 Å². The maximum Gasteiger partial charge on any atom is 0.136 e. The number of rotatable bonds is 3. The number of Topliss-reactive ketones (excluding diaryl/α,β-unsaturated/α-hetero) is 1. The molecule has 0 aliphatic heterocycles. The van der Waals surface area contributed by atoms with Gasteiger partial charge in [-0.25, -0.2) is 0 Å². The van der Waals surface area contributed by atoms with Crippen LogP contribution in [-0.2, 0) is 4.79 Å². The summed E-state index contributed by atoms with van der Waals surface area (Å²) in [5.41, 5.74) is 1.35. The number of aliphatic hydroxyl groups excluding tert-OH is 2.